The van der Waals surface area contributed by atoms with Gasteiger partial charge in [-0.25, -0.2) is 0 Å². The molecule has 0 saturated carbocycles. The van der Waals surface area contributed by atoms with Crippen LogP contribution in [-0.2, 0) is 0 Å². The van der Waals surface area contributed by atoms with Gasteiger partial charge in [-0.1, -0.05) is 11.6 Å². The lowest BCUT2D eigenvalue weighted by atomic mass is 10.2. The van der Waals surface area contributed by atoms with Crippen molar-refractivity contribution in [3.8, 4) is 0 Å². The molecule has 64 valence electrons. The third kappa shape index (κ3) is 2.10. The highest BCUT2D eigenvalue weighted by Crippen LogP contribution is 2.19. The molecular formula is C8H7ClINO. The van der Waals surface area contributed by atoms with Crippen LogP contribution < -0.4 is 5.32 Å². The zero-order valence-electron chi connectivity index (χ0n) is 6.40. The summed E-state index contributed by atoms with van der Waals surface area (Å²) in [4.78, 5) is 11.1. The van der Waals surface area contributed by atoms with Gasteiger partial charge in [-0.2, -0.15) is 0 Å². The van der Waals surface area contributed by atoms with Crippen molar-refractivity contribution in [1.82, 2.24) is 5.32 Å². The summed E-state index contributed by atoms with van der Waals surface area (Å²) in [6, 6.07) is 5.21. The lowest BCUT2D eigenvalue weighted by Crippen LogP contribution is -2.17. The van der Waals surface area contributed by atoms with Gasteiger partial charge in [0.15, 0.2) is 0 Å². The quantitative estimate of drug-likeness (QED) is 0.792. The highest BCUT2D eigenvalue weighted by atomic mass is 127. The molecular weight excluding hydrogens is 288 g/mol. The Balaban J connectivity index is 3.05. The van der Waals surface area contributed by atoms with Gasteiger partial charge in [0.25, 0.3) is 5.91 Å². The lowest BCUT2D eigenvalue weighted by molar-refractivity contribution is 0.0963. The molecule has 1 aromatic carbocycles. The number of nitrogens with one attached hydrogen (secondary N) is 1. The first-order valence-electron chi connectivity index (χ1n) is 3.32. The Morgan fingerprint density at radius 2 is 2.25 bits per heavy atom. The molecule has 4 heteroatoms. The number of rotatable bonds is 1. The average molecular weight is 296 g/mol. The summed E-state index contributed by atoms with van der Waals surface area (Å²) in [5.41, 5.74) is 0.586. The predicted molar refractivity (Wildman–Crippen MR) is 57.6 cm³/mol. The van der Waals surface area contributed by atoms with Gasteiger partial charge < -0.3 is 5.32 Å². The summed E-state index contributed by atoms with van der Waals surface area (Å²) >= 11 is 7.94. The minimum Gasteiger partial charge on any atom is -0.355 e. The Hall–Kier alpha value is -0.290. The van der Waals surface area contributed by atoms with Crippen LogP contribution in [0.2, 0.25) is 5.02 Å². The van der Waals surface area contributed by atoms with E-state index >= 15 is 0 Å². The fourth-order valence-corrected chi connectivity index (χ4v) is 1.30. The molecule has 0 aliphatic heterocycles. The van der Waals surface area contributed by atoms with Crippen molar-refractivity contribution in [2.24, 2.45) is 0 Å². The molecule has 0 aliphatic rings. The van der Waals surface area contributed by atoms with Crippen molar-refractivity contribution >= 4 is 40.1 Å². The van der Waals surface area contributed by atoms with Gasteiger partial charge in [0.2, 0.25) is 0 Å². The molecule has 0 spiro atoms. The largest absolute Gasteiger partial charge is 0.355 e. The SMILES string of the molecule is CNC(=O)c1ccc(I)c(Cl)c1. The van der Waals surface area contributed by atoms with Crippen LogP contribution in [0.25, 0.3) is 0 Å². The van der Waals surface area contributed by atoms with Crippen LogP contribution in [0.15, 0.2) is 18.2 Å². The van der Waals surface area contributed by atoms with E-state index in [4.69, 9.17) is 11.6 Å². The molecule has 1 N–H and O–H groups in total. The summed E-state index contributed by atoms with van der Waals surface area (Å²) in [5.74, 6) is -0.117. The molecule has 0 heterocycles. The topological polar surface area (TPSA) is 29.1 Å². The summed E-state index contributed by atoms with van der Waals surface area (Å²) in [5, 5.41) is 3.14. The van der Waals surface area contributed by atoms with E-state index in [-0.39, 0.29) is 5.91 Å². The van der Waals surface area contributed by atoms with Crippen molar-refractivity contribution in [2.75, 3.05) is 7.05 Å². The third-order valence-electron chi connectivity index (χ3n) is 1.41. The Morgan fingerprint density at radius 3 is 2.75 bits per heavy atom. The van der Waals surface area contributed by atoms with Gasteiger partial charge in [-0.05, 0) is 40.8 Å². The Labute approximate surface area is 89.4 Å². The van der Waals surface area contributed by atoms with E-state index in [2.05, 4.69) is 27.9 Å². The standard InChI is InChI=1S/C8H7ClINO/c1-11-8(12)5-2-3-7(10)6(9)4-5/h2-4H,1H3,(H,11,12). The van der Waals surface area contributed by atoms with Gasteiger partial charge in [0.1, 0.15) is 0 Å². The monoisotopic (exact) mass is 295 g/mol. The van der Waals surface area contributed by atoms with Crippen molar-refractivity contribution in [2.45, 2.75) is 0 Å². The second kappa shape index (κ2) is 4.09. The summed E-state index contributed by atoms with van der Waals surface area (Å²) in [7, 11) is 1.59. The van der Waals surface area contributed by atoms with Crippen LogP contribution in [0.5, 0.6) is 0 Å². The number of hydrogen-bond acceptors (Lipinski definition) is 1. The van der Waals surface area contributed by atoms with Gasteiger partial charge in [-0.3, -0.25) is 4.79 Å². The summed E-state index contributed by atoms with van der Waals surface area (Å²) in [6.07, 6.45) is 0. The highest BCUT2D eigenvalue weighted by Gasteiger charge is 2.04. The Morgan fingerprint density at radius 1 is 1.58 bits per heavy atom. The molecule has 0 bridgehead atoms. The van der Waals surface area contributed by atoms with Gasteiger partial charge >= 0.3 is 0 Å². The normalized spacial score (nSPS) is 9.58. The van der Waals surface area contributed by atoms with Gasteiger partial charge in [-0.15, -0.1) is 0 Å². The predicted octanol–water partition coefficient (Wildman–Crippen LogP) is 2.30. The number of amides is 1. The smallest absolute Gasteiger partial charge is 0.251 e. The van der Waals surface area contributed by atoms with Crippen LogP contribution in [-0.4, -0.2) is 13.0 Å². The van der Waals surface area contributed by atoms with Crippen molar-refractivity contribution < 1.29 is 4.79 Å². The molecule has 0 unspecified atom stereocenters. The summed E-state index contributed by atoms with van der Waals surface area (Å²) < 4.78 is 0.946. The first-order chi connectivity index (χ1) is 5.65. The first kappa shape index (κ1) is 9.80. The van der Waals surface area contributed by atoms with E-state index in [1.54, 1.807) is 19.2 Å². The number of halogens is 2. The van der Waals surface area contributed by atoms with Crippen molar-refractivity contribution in [1.29, 1.82) is 0 Å². The van der Waals surface area contributed by atoms with Crippen LogP contribution >= 0.6 is 34.2 Å². The molecule has 1 rings (SSSR count). The minimum absolute atomic E-state index is 0.117. The maximum Gasteiger partial charge on any atom is 0.251 e. The van der Waals surface area contributed by atoms with E-state index < -0.39 is 0 Å². The Bertz CT molecular complexity index is 314. The van der Waals surface area contributed by atoms with E-state index in [0.717, 1.165) is 3.57 Å². The average Bonchev–Trinajstić information content (AvgIpc) is 2.08. The fraction of sp³-hybridized carbons (Fsp3) is 0.125. The maximum atomic E-state index is 11.1. The van der Waals surface area contributed by atoms with Gasteiger partial charge in [0.05, 0.1) is 5.02 Å². The molecule has 0 atom stereocenters. The van der Waals surface area contributed by atoms with Crippen LogP contribution in [0.1, 0.15) is 10.4 Å². The van der Waals surface area contributed by atoms with E-state index in [1.165, 1.54) is 0 Å². The zero-order chi connectivity index (χ0) is 9.14. The molecule has 0 fully saturated rings. The number of carbonyl (C=O) groups is 1. The summed E-state index contributed by atoms with van der Waals surface area (Å²) in [6.45, 7) is 0. The van der Waals surface area contributed by atoms with Crippen molar-refractivity contribution in [3.63, 3.8) is 0 Å². The van der Waals surface area contributed by atoms with Crippen LogP contribution in [0.3, 0.4) is 0 Å². The lowest BCUT2D eigenvalue weighted by Gasteiger charge is -2.00. The minimum atomic E-state index is -0.117. The molecule has 0 aromatic heterocycles. The Kier molecular flexibility index (Phi) is 3.34. The maximum absolute atomic E-state index is 11.1. The first-order valence-corrected chi connectivity index (χ1v) is 4.78. The zero-order valence-corrected chi connectivity index (χ0v) is 9.31. The van der Waals surface area contributed by atoms with Crippen LogP contribution in [0, 0.1) is 3.57 Å². The molecule has 0 aliphatic carbocycles. The highest BCUT2D eigenvalue weighted by molar-refractivity contribution is 14.1. The second-order valence-corrected chi connectivity index (χ2v) is 3.78. The van der Waals surface area contributed by atoms with Crippen molar-refractivity contribution in [3.05, 3.63) is 32.4 Å². The fourth-order valence-electron chi connectivity index (χ4n) is 0.782. The second-order valence-electron chi connectivity index (χ2n) is 2.21. The molecule has 0 saturated heterocycles. The van der Waals surface area contributed by atoms with Crippen LogP contribution in [0.4, 0.5) is 0 Å². The number of carbonyl (C=O) groups excluding carboxylic acids is 1. The molecule has 12 heavy (non-hydrogen) atoms. The number of benzene rings is 1. The molecule has 1 amide bonds. The van der Waals surface area contributed by atoms with E-state index in [1.807, 2.05) is 6.07 Å². The molecule has 1 aromatic rings. The number of hydrogen-bond donors (Lipinski definition) is 1. The van der Waals surface area contributed by atoms with Gasteiger partial charge in [0, 0.05) is 16.2 Å². The van der Waals surface area contributed by atoms with E-state index in [0.29, 0.717) is 10.6 Å². The molecule has 0 radical (unpaired) electrons. The van der Waals surface area contributed by atoms with E-state index in [9.17, 15) is 4.79 Å². The third-order valence-corrected chi connectivity index (χ3v) is 2.98. The molecule has 2 nitrogen and oxygen atoms in total.